The monoisotopic (exact) mass is 518 g/mol. The topological polar surface area (TPSA) is 58.6 Å². The Morgan fingerprint density at radius 1 is 0.946 bits per heavy atom. The Kier molecular flexibility index (Phi) is 9.61. The lowest BCUT2D eigenvalue weighted by atomic mass is 9.94. The summed E-state index contributed by atoms with van der Waals surface area (Å²) in [7, 11) is 0. The number of nitrogens with zero attached hydrogens (tertiary/aromatic N) is 1. The molecule has 0 aliphatic heterocycles. The molecule has 5 nitrogen and oxygen atoms in total. The first-order valence-corrected chi connectivity index (χ1v) is 13.4. The van der Waals surface area contributed by atoms with Crippen molar-refractivity contribution in [2.45, 2.75) is 64.1 Å². The normalized spacial score (nSPS) is 14.5. The largest absolute Gasteiger partial charge is 0.484 e. The molecule has 0 unspecified atom stereocenters. The Hall–Kier alpha value is -3.31. The van der Waals surface area contributed by atoms with Crippen LogP contribution in [0.4, 0.5) is 0 Å². The highest BCUT2D eigenvalue weighted by molar-refractivity contribution is 6.31. The number of hydrogen-bond donors (Lipinski definition) is 1. The first-order valence-electron chi connectivity index (χ1n) is 13.1. The maximum atomic E-state index is 13.7. The number of halogens is 1. The van der Waals surface area contributed by atoms with E-state index in [0.717, 1.165) is 42.4 Å². The predicted molar refractivity (Wildman–Crippen MR) is 148 cm³/mol. The molecule has 1 atom stereocenters. The molecule has 4 rings (SSSR count). The summed E-state index contributed by atoms with van der Waals surface area (Å²) >= 11 is 6.14. The third-order valence-electron chi connectivity index (χ3n) is 6.91. The van der Waals surface area contributed by atoms with E-state index in [4.69, 9.17) is 16.3 Å². The van der Waals surface area contributed by atoms with Gasteiger partial charge in [-0.25, -0.2) is 0 Å². The molecule has 0 heterocycles. The molecule has 0 radical (unpaired) electrons. The molecule has 3 aromatic rings. The molecule has 194 valence electrons. The number of ether oxygens (including phenoxy) is 1. The van der Waals surface area contributed by atoms with Crippen LogP contribution in [0.1, 0.15) is 48.8 Å². The number of hydrogen-bond acceptors (Lipinski definition) is 3. The van der Waals surface area contributed by atoms with Gasteiger partial charge < -0.3 is 15.0 Å². The lowest BCUT2D eigenvalue weighted by molar-refractivity contribution is -0.143. The van der Waals surface area contributed by atoms with Gasteiger partial charge in [-0.15, -0.1) is 0 Å². The van der Waals surface area contributed by atoms with E-state index >= 15 is 0 Å². The van der Waals surface area contributed by atoms with Crippen LogP contribution in [0.25, 0.3) is 0 Å². The van der Waals surface area contributed by atoms with Gasteiger partial charge in [0, 0.05) is 24.0 Å². The Balaban J connectivity index is 1.59. The van der Waals surface area contributed by atoms with Crippen LogP contribution in [0.2, 0.25) is 5.02 Å². The number of benzene rings is 3. The SMILES string of the molecule is Cc1cc(OCC(=O)N(Cc2ccccc2)[C@H](Cc2ccccc2)C(=O)NC2CCCCC2)ccc1Cl. The van der Waals surface area contributed by atoms with Gasteiger partial charge in [-0.1, -0.05) is 91.5 Å². The standard InChI is InChI=1S/C31H35ClN2O3/c1-23-19-27(17-18-28(23)32)37-22-30(35)34(21-25-13-7-3-8-14-25)29(20-24-11-5-2-6-12-24)31(36)33-26-15-9-4-10-16-26/h2-3,5-8,11-14,17-19,26,29H,4,9-10,15-16,20-22H2,1H3,(H,33,36)/t29-/m1/s1. The molecule has 1 saturated carbocycles. The van der Waals surface area contributed by atoms with Gasteiger partial charge in [-0.2, -0.15) is 0 Å². The van der Waals surface area contributed by atoms with Crippen molar-refractivity contribution in [1.29, 1.82) is 0 Å². The van der Waals surface area contributed by atoms with Gasteiger partial charge in [0.1, 0.15) is 11.8 Å². The zero-order valence-electron chi connectivity index (χ0n) is 21.4. The van der Waals surface area contributed by atoms with Crippen molar-refractivity contribution in [3.05, 3.63) is 101 Å². The van der Waals surface area contributed by atoms with Crippen molar-refractivity contribution < 1.29 is 14.3 Å². The van der Waals surface area contributed by atoms with Gasteiger partial charge in [0.15, 0.2) is 6.61 Å². The molecule has 6 heteroatoms. The number of nitrogens with one attached hydrogen (secondary N) is 1. The minimum Gasteiger partial charge on any atom is -0.484 e. The van der Waals surface area contributed by atoms with Gasteiger partial charge in [-0.3, -0.25) is 9.59 Å². The highest BCUT2D eigenvalue weighted by Crippen LogP contribution is 2.22. The molecule has 0 bridgehead atoms. The maximum Gasteiger partial charge on any atom is 0.261 e. The summed E-state index contributed by atoms with van der Waals surface area (Å²) in [5, 5.41) is 3.90. The third-order valence-corrected chi connectivity index (χ3v) is 7.33. The van der Waals surface area contributed by atoms with Crippen LogP contribution >= 0.6 is 11.6 Å². The van der Waals surface area contributed by atoms with Crippen LogP contribution in [-0.2, 0) is 22.6 Å². The van der Waals surface area contributed by atoms with Crippen molar-refractivity contribution in [3.63, 3.8) is 0 Å². The molecule has 0 aromatic heterocycles. The third kappa shape index (κ3) is 7.83. The zero-order valence-corrected chi connectivity index (χ0v) is 22.1. The smallest absolute Gasteiger partial charge is 0.261 e. The molecule has 1 fully saturated rings. The van der Waals surface area contributed by atoms with Gasteiger partial charge in [0.2, 0.25) is 5.91 Å². The summed E-state index contributed by atoms with van der Waals surface area (Å²) in [6.45, 7) is 2.04. The molecule has 2 amide bonds. The minimum atomic E-state index is -0.660. The van der Waals surface area contributed by atoms with E-state index in [-0.39, 0.29) is 24.5 Å². The summed E-state index contributed by atoms with van der Waals surface area (Å²) in [5.74, 6) is 0.222. The van der Waals surface area contributed by atoms with Crippen LogP contribution in [0.15, 0.2) is 78.9 Å². The fourth-order valence-electron chi connectivity index (χ4n) is 4.81. The summed E-state index contributed by atoms with van der Waals surface area (Å²) in [4.78, 5) is 29.1. The van der Waals surface area contributed by atoms with Gasteiger partial charge >= 0.3 is 0 Å². The fourth-order valence-corrected chi connectivity index (χ4v) is 4.93. The van der Waals surface area contributed by atoms with Crippen molar-refractivity contribution in [1.82, 2.24) is 10.2 Å². The molecule has 1 aliphatic carbocycles. The molecular weight excluding hydrogens is 484 g/mol. The molecule has 1 N–H and O–H groups in total. The number of carbonyl (C=O) groups is 2. The van der Waals surface area contributed by atoms with Gasteiger partial charge in [0.05, 0.1) is 0 Å². The lowest BCUT2D eigenvalue weighted by Crippen LogP contribution is -2.53. The van der Waals surface area contributed by atoms with Crippen LogP contribution in [-0.4, -0.2) is 35.4 Å². The average Bonchev–Trinajstić information content (AvgIpc) is 2.93. The fraction of sp³-hybridized carbons (Fsp3) is 0.355. The van der Waals surface area contributed by atoms with Crippen molar-refractivity contribution in [2.75, 3.05) is 6.61 Å². The van der Waals surface area contributed by atoms with E-state index in [1.165, 1.54) is 6.42 Å². The van der Waals surface area contributed by atoms with Crippen LogP contribution in [0, 0.1) is 6.92 Å². The van der Waals surface area contributed by atoms with Crippen LogP contribution < -0.4 is 10.1 Å². The molecule has 1 aliphatic rings. The van der Waals surface area contributed by atoms with Gasteiger partial charge in [0.25, 0.3) is 5.91 Å². The molecule has 0 spiro atoms. The lowest BCUT2D eigenvalue weighted by Gasteiger charge is -2.33. The Bertz CT molecular complexity index is 1160. The first kappa shape index (κ1) is 26.7. The predicted octanol–water partition coefficient (Wildman–Crippen LogP) is 6.12. The zero-order chi connectivity index (χ0) is 26.0. The number of aryl methyl sites for hydroxylation is 1. The van der Waals surface area contributed by atoms with E-state index in [1.54, 1.807) is 17.0 Å². The van der Waals surface area contributed by atoms with Crippen molar-refractivity contribution >= 4 is 23.4 Å². The van der Waals surface area contributed by atoms with Crippen LogP contribution in [0.3, 0.4) is 0 Å². The highest BCUT2D eigenvalue weighted by atomic mass is 35.5. The molecule has 37 heavy (non-hydrogen) atoms. The number of rotatable bonds is 10. The molecule has 3 aromatic carbocycles. The summed E-state index contributed by atoms with van der Waals surface area (Å²) < 4.78 is 5.87. The second-order valence-corrected chi connectivity index (χ2v) is 10.2. The Labute approximate surface area is 224 Å². The summed E-state index contributed by atoms with van der Waals surface area (Å²) in [6.07, 6.45) is 5.84. The van der Waals surface area contributed by atoms with Crippen LogP contribution in [0.5, 0.6) is 5.75 Å². The van der Waals surface area contributed by atoms with E-state index < -0.39 is 6.04 Å². The number of carbonyl (C=O) groups excluding carboxylic acids is 2. The number of amides is 2. The van der Waals surface area contributed by atoms with E-state index in [1.807, 2.05) is 73.7 Å². The van der Waals surface area contributed by atoms with Gasteiger partial charge in [-0.05, 0) is 54.7 Å². The van der Waals surface area contributed by atoms with E-state index in [0.29, 0.717) is 23.7 Å². The second kappa shape index (κ2) is 13.3. The first-order chi connectivity index (χ1) is 18.0. The highest BCUT2D eigenvalue weighted by Gasteiger charge is 2.32. The maximum absolute atomic E-state index is 13.7. The Morgan fingerprint density at radius 2 is 1.59 bits per heavy atom. The second-order valence-electron chi connectivity index (χ2n) is 9.76. The van der Waals surface area contributed by atoms with E-state index in [2.05, 4.69) is 5.32 Å². The molecular formula is C31H35ClN2O3. The van der Waals surface area contributed by atoms with Crippen molar-refractivity contribution in [2.24, 2.45) is 0 Å². The quantitative estimate of drug-likeness (QED) is 0.352. The van der Waals surface area contributed by atoms with E-state index in [9.17, 15) is 9.59 Å². The molecule has 0 saturated heterocycles. The average molecular weight is 519 g/mol. The summed E-state index contributed by atoms with van der Waals surface area (Å²) in [5.41, 5.74) is 2.84. The summed E-state index contributed by atoms with van der Waals surface area (Å²) in [6, 6.07) is 24.5. The Morgan fingerprint density at radius 3 is 2.24 bits per heavy atom. The minimum absolute atomic E-state index is 0.109. The van der Waals surface area contributed by atoms with Crippen molar-refractivity contribution in [3.8, 4) is 5.75 Å².